The Morgan fingerprint density at radius 1 is 1.14 bits per heavy atom. The Morgan fingerprint density at radius 2 is 1.88 bits per heavy atom. The number of fused-ring (bicyclic) bond motifs is 1. The summed E-state index contributed by atoms with van der Waals surface area (Å²) >= 11 is 3.49. The number of nitrogens with one attached hydrogen (secondary N) is 1. The van der Waals surface area contributed by atoms with E-state index in [0.29, 0.717) is 47.6 Å². The molecule has 0 unspecified atom stereocenters. The van der Waals surface area contributed by atoms with E-state index >= 15 is 0 Å². The van der Waals surface area contributed by atoms with Gasteiger partial charge in [-0.2, -0.15) is 0 Å². The van der Waals surface area contributed by atoms with E-state index in [9.17, 15) is 14.7 Å². The molecule has 11 heteroatoms. The minimum absolute atomic E-state index is 0.0200. The lowest BCUT2D eigenvalue weighted by molar-refractivity contribution is -0.139. The van der Waals surface area contributed by atoms with E-state index in [0.717, 1.165) is 15.7 Å². The van der Waals surface area contributed by atoms with Crippen molar-refractivity contribution < 1.29 is 19.8 Å². The molecule has 1 aliphatic rings. The molecule has 222 valence electrons. The molecule has 0 spiro atoms. The number of carbonyl (C=O) groups excluding carboxylic acids is 2. The lowest BCUT2D eigenvalue weighted by Crippen LogP contribution is -2.44. The summed E-state index contributed by atoms with van der Waals surface area (Å²) < 4.78 is 2.47. The van der Waals surface area contributed by atoms with Gasteiger partial charge in [0.05, 0.1) is 17.9 Å². The van der Waals surface area contributed by atoms with Crippen molar-refractivity contribution >= 4 is 44.8 Å². The minimum atomic E-state index is -1.75. The monoisotopic (exact) mass is 644 g/mol. The number of aromatic nitrogens is 3. The summed E-state index contributed by atoms with van der Waals surface area (Å²) in [7, 11) is 0. The van der Waals surface area contributed by atoms with Crippen molar-refractivity contribution in [2.45, 2.75) is 38.5 Å². The van der Waals surface area contributed by atoms with Gasteiger partial charge in [-0.25, -0.2) is 0 Å². The Morgan fingerprint density at radius 3 is 2.60 bits per heavy atom. The van der Waals surface area contributed by atoms with Gasteiger partial charge in [-0.05, 0) is 66.6 Å². The molecule has 1 aromatic heterocycles. The predicted molar refractivity (Wildman–Crippen MR) is 168 cm³/mol. The number of benzene rings is 3. The first-order valence-corrected chi connectivity index (χ1v) is 14.7. The number of rotatable bonds is 11. The average molecular weight is 646 g/mol. The molecule has 2 amide bonds. The third-order valence-electron chi connectivity index (χ3n) is 7.52. The van der Waals surface area contributed by atoms with Crippen molar-refractivity contribution in [3.05, 3.63) is 112 Å². The Labute approximate surface area is 258 Å². The van der Waals surface area contributed by atoms with Gasteiger partial charge in [-0.1, -0.05) is 52.4 Å². The molecule has 0 fully saturated rings. The first kappa shape index (κ1) is 30.1. The summed E-state index contributed by atoms with van der Waals surface area (Å²) in [5.74, 6) is -1.16. The second-order valence-corrected chi connectivity index (χ2v) is 11.5. The highest BCUT2D eigenvalue weighted by molar-refractivity contribution is 9.10. The molecule has 4 aromatic rings. The third kappa shape index (κ3) is 6.53. The van der Waals surface area contributed by atoms with Gasteiger partial charge >= 0.3 is 0 Å². The highest BCUT2D eigenvalue weighted by atomic mass is 79.9. The summed E-state index contributed by atoms with van der Waals surface area (Å²) in [4.78, 5) is 28.0. The lowest BCUT2D eigenvalue weighted by atomic mass is 9.83. The van der Waals surface area contributed by atoms with Crippen LogP contribution in [0.2, 0.25) is 0 Å². The van der Waals surface area contributed by atoms with Crippen molar-refractivity contribution in [3.63, 3.8) is 0 Å². The van der Waals surface area contributed by atoms with Crippen molar-refractivity contribution in [1.82, 2.24) is 15.0 Å². The van der Waals surface area contributed by atoms with E-state index in [1.54, 1.807) is 58.2 Å². The van der Waals surface area contributed by atoms with Crippen LogP contribution in [0.4, 0.5) is 17.1 Å². The maximum absolute atomic E-state index is 13.9. The topological polar surface area (TPSA) is 147 Å². The molecule has 43 heavy (non-hydrogen) atoms. The van der Waals surface area contributed by atoms with E-state index in [-0.39, 0.29) is 19.1 Å². The Bertz CT molecular complexity index is 1640. The average Bonchev–Trinajstić information content (AvgIpc) is 3.53. The molecule has 0 saturated heterocycles. The van der Waals surface area contributed by atoms with Gasteiger partial charge in [0, 0.05) is 58.7 Å². The van der Waals surface area contributed by atoms with Crippen LogP contribution in [0, 0.1) is 5.92 Å². The number of amides is 2. The van der Waals surface area contributed by atoms with Gasteiger partial charge in [-0.3, -0.25) is 14.3 Å². The minimum Gasteiger partial charge on any atom is -0.399 e. The largest absolute Gasteiger partial charge is 0.399 e. The van der Waals surface area contributed by atoms with Gasteiger partial charge in [0.25, 0.3) is 11.8 Å². The number of aryl methyl sites for hydroxylation is 1. The van der Waals surface area contributed by atoms with Gasteiger partial charge in [0.2, 0.25) is 0 Å². The van der Waals surface area contributed by atoms with Gasteiger partial charge in [0.1, 0.15) is 0 Å². The molecule has 0 aliphatic carbocycles. The number of anilines is 3. The molecule has 1 aliphatic heterocycles. The summed E-state index contributed by atoms with van der Waals surface area (Å²) in [5, 5.41) is 31.9. The van der Waals surface area contributed by atoms with Crippen LogP contribution in [0.5, 0.6) is 0 Å². The quantitative estimate of drug-likeness (QED) is 0.140. The molecule has 0 bridgehead atoms. The normalized spacial score (nSPS) is 16.9. The molecule has 2 atom stereocenters. The number of aliphatic hydroxyl groups is 2. The standard InChI is InChI=1S/C32H33BrN6O4/c1-21(4-2-3-16-38-20-27(15-17-40)36-37-38)32(43)28-18-24(33)9-14-29(28)39(31(32)42)19-22-5-12-26(13-6-22)35-30(41)23-7-10-25(34)11-8-23/h2,4-14,18,20-21,40,43H,3,15-17,19,34H2,1H3,(H,35,41)/b4-2+/t21-,32+/m1/s1. The molecule has 5 N–H and O–H groups in total. The van der Waals surface area contributed by atoms with Crippen LogP contribution in [0.25, 0.3) is 0 Å². The first-order valence-electron chi connectivity index (χ1n) is 14.0. The van der Waals surface area contributed by atoms with Crippen molar-refractivity contribution in [2.24, 2.45) is 5.92 Å². The molecule has 0 saturated carbocycles. The van der Waals surface area contributed by atoms with Crippen LogP contribution in [0.1, 0.15) is 40.5 Å². The number of hydrogen-bond donors (Lipinski definition) is 4. The summed E-state index contributed by atoms with van der Waals surface area (Å²) in [6.45, 7) is 2.68. The Hall–Kier alpha value is -4.32. The van der Waals surface area contributed by atoms with Crippen LogP contribution in [-0.2, 0) is 29.9 Å². The van der Waals surface area contributed by atoms with Crippen LogP contribution in [-0.4, -0.2) is 43.6 Å². The van der Waals surface area contributed by atoms with E-state index in [4.69, 9.17) is 10.8 Å². The van der Waals surface area contributed by atoms with Crippen molar-refractivity contribution in [1.29, 1.82) is 0 Å². The molecule has 10 nitrogen and oxygen atoms in total. The fourth-order valence-corrected chi connectivity index (χ4v) is 5.47. The first-order chi connectivity index (χ1) is 20.7. The zero-order valence-corrected chi connectivity index (χ0v) is 25.2. The molecule has 3 aromatic carbocycles. The number of aliphatic hydroxyl groups excluding tert-OH is 1. The maximum atomic E-state index is 13.9. The summed E-state index contributed by atoms with van der Waals surface area (Å²) in [6.07, 6.45) is 6.68. The maximum Gasteiger partial charge on any atom is 0.264 e. The van der Waals surface area contributed by atoms with Crippen LogP contribution < -0.4 is 16.0 Å². The lowest BCUT2D eigenvalue weighted by Gasteiger charge is -2.27. The van der Waals surface area contributed by atoms with Gasteiger partial charge < -0.3 is 26.2 Å². The van der Waals surface area contributed by atoms with Crippen LogP contribution in [0.15, 0.2) is 89.6 Å². The van der Waals surface area contributed by atoms with Crippen molar-refractivity contribution in [3.8, 4) is 0 Å². The predicted octanol–water partition coefficient (Wildman–Crippen LogP) is 4.43. The number of allylic oxidation sites excluding steroid dienone is 1. The fraction of sp³-hybridized carbons (Fsp3) is 0.250. The van der Waals surface area contributed by atoms with E-state index < -0.39 is 17.4 Å². The smallest absolute Gasteiger partial charge is 0.264 e. The Balaban J connectivity index is 1.28. The number of nitrogens with two attached hydrogens (primary N) is 1. The number of halogens is 1. The molecular formula is C32H33BrN6O4. The molecule has 0 radical (unpaired) electrons. The van der Waals surface area contributed by atoms with Crippen LogP contribution in [0.3, 0.4) is 0 Å². The van der Waals surface area contributed by atoms with Crippen molar-refractivity contribution in [2.75, 3.05) is 22.6 Å². The SMILES string of the molecule is C[C@H](/C=C/CCn1cc(CCO)nn1)[C@@]1(O)C(=O)N(Cc2ccc(NC(=O)c3ccc(N)cc3)cc2)c2ccc(Br)cc21. The summed E-state index contributed by atoms with van der Waals surface area (Å²) in [5.41, 5.74) is 8.42. The molecule has 5 rings (SSSR count). The fourth-order valence-electron chi connectivity index (χ4n) is 5.11. The van der Waals surface area contributed by atoms with Gasteiger partial charge in [0.15, 0.2) is 5.60 Å². The van der Waals surface area contributed by atoms with E-state index in [1.807, 2.05) is 43.3 Å². The number of hydrogen-bond acceptors (Lipinski definition) is 7. The van der Waals surface area contributed by atoms with Crippen LogP contribution >= 0.6 is 15.9 Å². The molecular weight excluding hydrogens is 612 g/mol. The number of nitrogen functional groups attached to an aromatic ring is 1. The second-order valence-electron chi connectivity index (χ2n) is 10.5. The zero-order chi connectivity index (χ0) is 30.6. The Kier molecular flexibility index (Phi) is 9.05. The van der Waals surface area contributed by atoms with Gasteiger partial charge in [-0.15, -0.1) is 5.10 Å². The number of nitrogens with zero attached hydrogens (tertiary/aromatic N) is 4. The number of carbonyl (C=O) groups is 2. The zero-order valence-electron chi connectivity index (χ0n) is 23.7. The second kappa shape index (κ2) is 12.9. The molecule has 2 heterocycles. The van der Waals surface area contributed by atoms with E-state index in [2.05, 4.69) is 31.6 Å². The highest BCUT2D eigenvalue weighted by Gasteiger charge is 2.52. The summed E-state index contributed by atoms with van der Waals surface area (Å²) in [6, 6.07) is 19.4. The van der Waals surface area contributed by atoms with E-state index in [1.165, 1.54) is 0 Å². The third-order valence-corrected chi connectivity index (χ3v) is 8.01. The highest BCUT2D eigenvalue weighted by Crippen LogP contribution is 2.46.